The van der Waals surface area contributed by atoms with Gasteiger partial charge in [-0.3, -0.25) is 0 Å². The highest BCUT2D eigenvalue weighted by molar-refractivity contribution is 9.10. The second kappa shape index (κ2) is 6.97. The maximum Gasteiger partial charge on any atom is 0.0248 e. The summed E-state index contributed by atoms with van der Waals surface area (Å²) in [6.45, 7) is 2.28. The van der Waals surface area contributed by atoms with Crippen molar-refractivity contribution in [3.05, 3.63) is 28.7 Å². The van der Waals surface area contributed by atoms with Crippen LogP contribution in [0.25, 0.3) is 0 Å². The van der Waals surface area contributed by atoms with E-state index in [1.165, 1.54) is 37.0 Å². The lowest BCUT2D eigenvalue weighted by Crippen LogP contribution is -2.38. The van der Waals surface area contributed by atoms with Crippen molar-refractivity contribution < 1.29 is 0 Å². The summed E-state index contributed by atoms with van der Waals surface area (Å²) in [4.78, 5) is 1.34. The minimum absolute atomic E-state index is 0.363. The third-order valence-electron chi connectivity index (χ3n) is 3.73. The quantitative estimate of drug-likeness (QED) is 0.856. The van der Waals surface area contributed by atoms with E-state index in [1.54, 1.807) is 0 Å². The van der Waals surface area contributed by atoms with Crippen LogP contribution in [0.2, 0.25) is 0 Å². The van der Waals surface area contributed by atoms with Crippen molar-refractivity contribution in [3.8, 4) is 0 Å². The first-order valence-corrected chi connectivity index (χ1v) is 8.54. The van der Waals surface area contributed by atoms with Gasteiger partial charge in [-0.05, 0) is 43.4 Å². The largest absolute Gasteiger partial charge is 0.327 e. The average molecular weight is 328 g/mol. The maximum absolute atomic E-state index is 6.29. The number of nitrogens with two attached hydrogens (primary N) is 1. The molecule has 2 N–H and O–H groups in total. The van der Waals surface area contributed by atoms with E-state index in [9.17, 15) is 0 Å². The molecule has 1 aliphatic carbocycles. The second-order valence-electron chi connectivity index (χ2n) is 5.25. The van der Waals surface area contributed by atoms with E-state index in [0.717, 1.165) is 10.4 Å². The second-order valence-corrected chi connectivity index (χ2v) is 7.47. The predicted molar refractivity (Wildman–Crippen MR) is 84.0 cm³/mol. The van der Waals surface area contributed by atoms with Crippen LogP contribution in [0.15, 0.2) is 33.6 Å². The van der Waals surface area contributed by atoms with Crippen molar-refractivity contribution in [2.45, 2.75) is 55.2 Å². The molecular formula is C15H22BrNS. The van der Waals surface area contributed by atoms with Gasteiger partial charge in [-0.25, -0.2) is 0 Å². The Bertz CT molecular complexity index is 383. The van der Waals surface area contributed by atoms with E-state index in [-0.39, 0.29) is 0 Å². The molecule has 1 saturated carbocycles. The van der Waals surface area contributed by atoms with E-state index < -0.39 is 0 Å². The third kappa shape index (κ3) is 4.01. The van der Waals surface area contributed by atoms with E-state index in [4.69, 9.17) is 5.73 Å². The van der Waals surface area contributed by atoms with Gasteiger partial charge in [-0.15, -0.1) is 11.8 Å². The molecule has 1 nitrogen and oxygen atoms in total. The SMILES string of the molecule is CCCC1CCC(N)C(Sc2cccc(Br)c2)C1. The molecule has 3 unspecified atom stereocenters. The molecule has 0 aliphatic heterocycles. The molecule has 0 aromatic heterocycles. The van der Waals surface area contributed by atoms with Crippen LogP contribution >= 0.6 is 27.7 Å². The number of thioether (sulfide) groups is 1. The Labute approximate surface area is 123 Å². The fourth-order valence-corrected chi connectivity index (χ4v) is 4.69. The Balaban J connectivity index is 1.98. The zero-order chi connectivity index (χ0) is 13.0. The lowest BCUT2D eigenvalue weighted by molar-refractivity contribution is 0.317. The van der Waals surface area contributed by atoms with Gasteiger partial charge in [0.15, 0.2) is 0 Å². The highest BCUT2D eigenvalue weighted by Crippen LogP contribution is 2.37. The molecule has 0 amide bonds. The highest BCUT2D eigenvalue weighted by atomic mass is 79.9. The summed E-state index contributed by atoms with van der Waals surface area (Å²) in [5.74, 6) is 0.888. The summed E-state index contributed by atoms with van der Waals surface area (Å²) in [6.07, 6.45) is 6.46. The van der Waals surface area contributed by atoms with Crippen LogP contribution in [-0.2, 0) is 0 Å². The number of benzene rings is 1. The van der Waals surface area contributed by atoms with Gasteiger partial charge in [0.1, 0.15) is 0 Å². The molecule has 2 rings (SSSR count). The molecule has 1 fully saturated rings. The molecule has 0 bridgehead atoms. The fourth-order valence-electron chi connectivity index (χ4n) is 2.76. The molecule has 18 heavy (non-hydrogen) atoms. The molecule has 1 aromatic carbocycles. The molecule has 100 valence electrons. The summed E-state index contributed by atoms with van der Waals surface area (Å²) in [5.41, 5.74) is 6.29. The van der Waals surface area contributed by atoms with Gasteiger partial charge in [0, 0.05) is 20.7 Å². The van der Waals surface area contributed by atoms with Crippen molar-refractivity contribution in [2.75, 3.05) is 0 Å². The lowest BCUT2D eigenvalue weighted by atomic mass is 9.83. The van der Waals surface area contributed by atoms with E-state index in [1.807, 2.05) is 11.8 Å². The Morgan fingerprint density at radius 2 is 2.22 bits per heavy atom. The molecule has 1 aromatic rings. The average Bonchev–Trinajstić information content (AvgIpc) is 2.34. The normalized spacial score (nSPS) is 28.3. The Hall–Kier alpha value is 0.01000. The van der Waals surface area contributed by atoms with Gasteiger partial charge in [0.25, 0.3) is 0 Å². The van der Waals surface area contributed by atoms with Crippen molar-refractivity contribution >= 4 is 27.7 Å². The standard InChI is InChI=1S/C15H22BrNS/c1-2-4-11-7-8-14(17)15(9-11)18-13-6-3-5-12(16)10-13/h3,5-6,10-11,14-15H,2,4,7-9,17H2,1H3. The van der Waals surface area contributed by atoms with Crippen LogP contribution in [0.5, 0.6) is 0 Å². The Morgan fingerprint density at radius 3 is 2.94 bits per heavy atom. The Morgan fingerprint density at radius 1 is 1.39 bits per heavy atom. The summed E-state index contributed by atoms with van der Waals surface area (Å²) >= 11 is 5.50. The first kappa shape index (κ1) is 14.4. The van der Waals surface area contributed by atoms with Crippen molar-refractivity contribution in [1.29, 1.82) is 0 Å². The first-order valence-electron chi connectivity index (χ1n) is 6.87. The molecule has 3 heteroatoms. The number of rotatable bonds is 4. The van der Waals surface area contributed by atoms with Crippen molar-refractivity contribution in [3.63, 3.8) is 0 Å². The summed E-state index contributed by atoms with van der Waals surface area (Å²) in [6, 6.07) is 8.92. The monoisotopic (exact) mass is 327 g/mol. The minimum atomic E-state index is 0.363. The van der Waals surface area contributed by atoms with Crippen molar-refractivity contribution in [1.82, 2.24) is 0 Å². The van der Waals surface area contributed by atoms with E-state index in [0.29, 0.717) is 11.3 Å². The first-order chi connectivity index (χ1) is 8.69. The van der Waals surface area contributed by atoms with E-state index >= 15 is 0 Å². The zero-order valence-corrected chi connectivity index (χ0v) is 13.3. The molecular weight excluding hydrogens is 306 g/mol. The molecule has 1 aliphatic rings. The minimum Gasteiger partial charge on any atom is -0.327 e. The predicted octanol–water partition coefficient (Wildman–Crippen LogP) is 4.84. The zero-order valence-electron chi connectivity index (χ0n) is 10.9. The van der Waals surface area contributed by atoms with Crippen LogP contribution in [-0.4, -0.2) is 11.3 Å². The van der Waals surface area contributed by atoms with Crippen molar-refractivity contribution in [2.24, 2.45) is 11.7 Å². The van der Waals surface area contributed by atoms with Crippen LogP contribution in [0.4, 0.5) is 0 Å². The fraction of sp³-hybridized carbons (Fsp3) is 0.600. The summed E-state index contributed by atoms with van der Waals surface area (Å²) < 4.78 is 1.15. The van der Waals surface area contributed by atoms with Crippen LogP contribution in [0.1, 0.15) is 39.0 Å². The maximum atomic E-state index is 6.29. The molecule has 0 heterocycles. The molecule has 0 spiro atoms. The third-order valence-corrected chi connectivity index (χ3v) is 5.60. The molecule has 0 saturated heterocycles. The van der Waals surface area contributed by atoms with Gasteiger partial charge >= 0.3 is 0 Å². The number of hydrogen-bond donors (Lipinski definition) is 1. The summed E-state index contributed by atoms with van der Waals surface area (Å²) in [7, 11) is 0. The van der Waals surface area contributed by atoms with Gasteiger partial charge < -0.3 is 5.73 Å². The lowest BCUT2D eigenvalue weighted by Gasteiger charge is -2.33. The Kier molecular flexibility index (Phi) is 5.58. The number of hydrogen-bond acceptors (Lipinski definition) is 2. The van der Waals surface area contributed by atoms with Crippen LogP contribution < -0.4 is 5.73 Å². The van der Waals surface area contributed by atoms with E-state index in [2.05, 4.69) is 47.1 Å². The summed E-state index contributed by atoms with van der Waals surface area (Å²) in [5, 5.41) is 0.588. The molecule has 0 radical (unpaired) electrons. The topological polar surface area (TPSA) is 26.0 Å². The molecule has 3 atom stereocenters. The van der Waals surface area contributed by atoms with Gasteiger partial charge in [0.2, 0.25) is 0 Å². The van der Waals surface area contributed by atoms with Gasteiger partial charge in [-0.1, -0.05) is 41.8 Å². The van der Waals surface area contributed by atoms with Gasteiger partial charge in [-0.2, -0.15) is 0 Å². The van der Waals surface area contributed by atoms with Gasteiger partial charge in [0.05, 0.1) is 0 Å². The van der Waals surface area contributed by atoms with Crippen LogP contribution in [0.3, 0.4) is 0 Å². The smallest absolute Gasteiger partial charge is 0.0248 e. The highest BCUT2D eigenvalue weighted by Gasteiger charge is 2.28. The van der Waals surface area contributed by atoms with Crippen LogP contribution in [0, 0.1) is 5.92 Å². The number of halogens is 1.